The van der Waals surface area contributed by atoms with E-state index in [0.29, 0.717) is 12.8 Å². The van der Waals surface area contributed by atoms with E-state index in [2.05, 4.69) is 11.1 Å². The molecule has 192 valence electrons. The van der Waals surface area contributed by atoms with Crippen LogP contribution in [0.15, 0.2) is 60.7 Å². The van der Waals surface area contributed by atoms with Crippen molar-refractivity contribution in [2.75, 3.05) is 11.5 Å². The first-order chi connectivity index (χ1) is 17.3. The van der Waals surface area contributed by atoms with E-state index in [1.807, 2.05) is 86.3 Å². The number of hydrogen-bond donors (Lipinski definition) is 3. The molecule has 0 fully saturated rings. The molecular formula is C28H36N4O3S. The van der Waals surface area contributed by atoms with E-state index < -0.39 is 16.8 Å². The van der Waals surface area contributed by atoms with Crippen molar-refractivity contribution in [2.45, 2.75) is 63.2 Å². The van der Waals surface area contributed by atoms with Crippen LogP contribution in [0.1, 0.15) is 63.5 Å². The standard InChI is InChI=1S/C27H34N2O3S.CH2N2/c1-26(24(30)29-21-28,22-13-5-3-6-14-22)17-9-11-19-33-20-12-10-18-27(2,25(31)32)23-15-7-4-8-16-23;2-1-3/h3-8,13-16H,9-12,17-20H2,1-2H3,(H,29,30)(H,31,32);2H2. The number of carbonyl (C=O) groups is 2. The summed E-state index contributed by atoms with van der Waals surface area (Å²) in [4.78, 5) is 24.4. The number of nitrogens with two attached hydrogens (primary N) is 1. The van der Waals surface area contributed by atoms with Crippen molar-refractivity contribution in [3.05, 3.63) is 71.8 Å². The van der Waals surface area contributed by atoms with E-state index in [4.69, 9.17) is 10.5 Å². The summed E-state index contributed by atoms with van der Waals surface area (Å²) in [7, 11) is 0. The van der Waals surface area contributed by atoms with Crippen LogP contribution in [0.5, 0.6) is 0 Å². The predicted octanol–water partition coefficient (Wildman–Crippen LogP) is 5.08. The van der Waals surface area contributed by atoms with Crippen LogP contribution < -0.4 is 11.1 Å². The number of amides is 1. The van der Waals surface area contributed by atoms with Crippen molar-refractivity contribution in [1.29, 1.82) is 10.5 Å². The molecule has 0 saturated heterocycles. The maximum Gasteiger partial charge on any atom is 0.313 e. The van der Waals surface area contributed by atoms with Gasteiger partial charge in [-0.3, -0.25) is 14.9 Å². The summed E-state index contributed by atoms with van der Waals surface area (Å²) < 4.78 is 0. The number of nitriles is 2. The average Bonchev–Trinajstić information content (AvgIpc) is 2.89. The lowest BCUT2D eigenvalue weighted by Gasteiger charge is -2.27. The molecule has 0 bridgehead atoms. The molecular weight excluding hydrogens is 472 g/mol. The summed E-state index contributed by atoms with van der Waals surface area (Å²) in [5.41, 5.74) is 4.36. The topological polar surface area (TPSA) is 140 Å². The molecule has 8 heteroatoms. The Morgan fingerprint density at radius 3 is 1.69 bits per heavy atom. The van der Waals surface area contributed by atoms with Gasteiger partial charge in [-0.15, -0.1) is 0 Å². The molecule has 36 heavy (non-hydrogen) atoms. The molecule has 1 amide bonds. The average molecular weight is 509 g/mol. The van der Waals surface area contributed by atoms with Gasteiger partial charge in [0.15, 0.2) is 12.4 Å². The van der Waals surface area contributed by atoms with Gasteiger partial charge in [0.05, 0.1) is 10.8 Å². The second-order valence-electron chi connectivity index (χ2n) is 8.92. The van der Waals surface area contributed by atoms with E-state index in [1.54, 1.807) is 6.19 Å². The summed E-state index contributed by atoms with van der Waals surface area (Å²) in [5.74, 6) is 0.960. The first-order valence-corrected chi connectivity index (χ1v) is 13.1. The summed E-state index contributed by atoms with van der Waals surface area (Å²) in [6, 6.07) is 19.1. The third kappa shape index (κ3) is 9.28. The number of hydrogen-bond acceptors (Lipinski definition) is 6. The Kier molecular flexibility index (Phi) is 13.8. The van der Waals surface area contributed by atoms with Gasteiger partial charge in [-0.2, -0.15) is 22.3 Å². The Labute approximate surface area is 218 Å². The van der Waals surface area contributed by atoms with Gasteiger partial charge in [0, 0.05) is 0 Å². The zero-order valence-corrected chi connectivity index (χ0v) is 21.9. The van der Waals surface area contributed by atoms with Crippen molar-refractivity contribution in [2.24, 2.45) is 5.73 Å². The van der Waals surface area contributed by atoms with Crippen LogP contribution in [0.4, 0.5) is 0 Å². The van der Waals surface area contributed by atoms with Crippen LogP contribution in [0.2, 0.25) is 0 Å². The zero-order chi connectivity index (χ0) is 26.9. The SMILES string of the molecule is CC(CCCCSCCCCC(C)(C(=O)NC#N)c1ccccc1)(C(=O)O)c1ccccc1.N#CN. The van der Waals surface area contributed by atoms with Crippen LogP contribution >= 0.6 is 11.8 Å². The highest BCUT2D eigenvalue weighted by Gasteiger charge is 2.35. The number of benzene rings is 2. The second-order valence-corrected chi connectivity index (χ2v) is 10.1. The van der Waals surface area contributed by atoms with E-state index in [9.17, 15) is 14.7 Å². The number of aliphatic carboxylic acids is 1. The third-order valence-corrected chi connectivity index (χ3v) is 7.55. The summed E-state index contributed by atoms with van der Waals surface area (Å²) in [5, 5.41) is 28.1. The van der Waals surface area contributed by atoms with Crippen LogP contribution in [-0.2, 0) is 20.4 Å². The number of carboxylic acid groups (broad SMARTS) is 1. The van der Waals surface area contributed by atoms with Gasteiger partial charge in [0.2, 0.25) is 5.91 Å². The number of nitrogens with one attached hydrogen (secondary N) is 1. The van der Waals surface area contributed by atoms with Gasteiger partial charge in [-0.25, -0.2) is 0 Å². The molecule has 2 unspecified atom stereocenters. The molecule has 4 N–H and O–H groups in total. The fourth-order valence-electron chi connectivity index (χ4n) is 4.03. The lowest BCUT2D eigenvalue weighted by Crippen LogP contribution is -2.40. The van der Waals surface area contributed by atoms with Gasteiger partial charge in [-0.1, -0.05) is 73.5 Å². The zero-order valence-electron chi connectivity index (χ0n) is 21.1. The Morgan fingerprint density at radius 2 is 1.28 bits per heavy atom. The number of carbonyl (C=O) groups excluding carboxylic acids is 1. The van der Waals surface area contributed by atoms with Crippen molar-refractivity contribution >= 4 is 23.6 Å². The van der Waals surface area contributed by atoms with Gasteiger partial charge in [0.1, 0.15) is 0 Å². The largest absolute Gasteiger partial charge is 0.481 e. The molecule has 0 aromatic heterocycles. The maximum atomic E-state index is 12.6. The minimum atomic E-state index is -0.849. The number of thioether (sulfide) groups is 1. The summed E-state index contributed by atoms with van der Waals surface area (Å²) >= 11 is 1.87. The molecule has 0 aliphatic rings. The minimum Gasteiger partial charge on any atom is -0.481 e. The van der Waals surface area contributed by atoms with Crippen molar-refractivity contribution in [3.63, 3.8) is 0 Å². The molecule has 2 rings (SSSR count). The van der Waals surface area contributed by atoms with Crippen molar-refractivity contribution < 1.29 is 14.7 Å². The van der Waals surface area contributed by atoms with E-state index in [0.717, 1.165) is 48.3 Å². The molecule has 0 heterocycles. The van der Waals surface area contributed by atoms with Crippen molar-refractivity contribution in [1.82, 2.24) is 5.32 Å². The highest BCUT2D eigenvalue weighted by atomic mass is 32.2. The molecule has 7 nitrogen and oxygen atoms in total. The Hall–Kier alpha value is -3.49. The lowest BCUT2D eigenvalue weighted by molar-refractivity contribution is -0.143. The Balaban J connectivity index is 0.00000205. The molecule has 2 aromatic rings. The number of rotatable bonds is 14. The van der Waals surface area contributed by atoms with Crippen LogP contribution in [0, 0.1) is 22.9 Å². The van der Waals surface area contributed by atoms with Gasteiger partial charge < -0.3 is 10.8 Å². The van der Waals surface area contributed by atoms with Gasteiger partial charge >= 0.3 is 5.97 Å². The summed E-state index contributed by atoms with van der Waals surface area (Å²) in [6.45, 7) is 3.71. The first kappa shape index (κ1) is 30.5. The van der Waals surface area contributed by atoms with Gasteiger partial charge in [0.25, 0.3) is 0 Å². The fourth-order valence-corrected chi connectivity index (χ4v) is 5.05. The molecule has 2 atom stereocenters. The molecule has 0 saturated carbocycles. The highest BCUT2D eigenvalue weighted by Crippen LogP contribution is 2.31. The predicted molar refractivity (Wildman–Crippen MR) is 144 cm³/mol. The normalized spacial score (nSPS) is 13.4. The Morgan fingerprint density at radius 1 is 0.861 bits per heavy atom. The number of unbranched alkanes of at least 4 members (excludes halogenated alkanes) is 2. The molecule has 0 aliphatic carbocycles. The second kappa shape index (κ2) is 16.2. The van der Waals surface area contributed by atoms with E-state index in [1.165, 1.54) is 6.19 Å². The van der Waals surface area contributed by atoms with E-state index in [-0.39, 0.29) is 5.91 Å². The molecule has 0 aliphatic heterocycles. The van der Waals surface area contributed by atoms with Crippen LogP contribution in [0.3, 0.4) is 0 Å². The third-order valence-electron chi connectivity index (χ3n) is 6.40. The highest BCUT2D eigenvalue weighted by molar-refractivity contribution is 7.99. The van der Waals surface area contributed by atoms with Crippen LogP contribution in [0.25, 0.3) is 0 Å². The first-order valence-electron chi connectivity index (χ1n) is 12.0. The van der Waals surface area contributed by atoms with Gasteiger partial charge in [-0.05, 0) is 62.2 Å². The molecule has 0 radical (unpaired) electrons. The minimum absolute atomic E-state index is 0.260. The molecule has 0 spiro atoms. The summed E-state index contributed by atoms with van der Waals surface area (Å²) in [6.07, 6.45) is 8.04. The Bertz CT molecular complexity index is 1020. The number of nitrogens with zero attached hydrogens (tertiary/aromatic N) is 2. The monoisotopic (exact) mass is 508 g/mol. The number of carboxylic acids is 1. The van der Waals surface area contributed by atoms with Crippen molar-refractivity contribution in [3.8, 4) is 12.4 Å². The van der Waals surface area contributed by atoms with E-state index >= 15 is 0 Å². The lowest BCUT2D eigenvalue weighted by atomic mass is 9.77. The fraction of sp³-hybridized carbons (Fsp3) is 0.429. The van der Waals surface area contributed by atoms with Crippen LogP contribution in [-0.4, -0.2) is 28.5 Å². The smallest absolute Gasteiger partial charge is 0.313 e. The maximum absolute atomic E-state index is 12.6. The molecule has 2 aromatic carbocycles. The quantitative estimate of drug-likeness (QED) is 0.183.